The van der Waals surface area contributed by atoms with Crippen LogP contribution < -0.4 is 5.32 Å². The van der Waals surface area contributed by atoms with E-state index in [1.165, 1.54) is 12.3 Å². The zero-order valence-electron chi connectivity index (χ0n) is 11.1. The van der Waals surface area contributed by atoms with Crippen molar-refractivity contribution in [2.24, 2.45) is 0 Å². The van der Waals surface area contributed by atoms with Crippen molar-refractivity contribution in [2.45, 2.75) is 6.92 Å². The second kappa shape index (κ2) is 7.62. The zero-order chi connectivity index (χ0) is 15.0. The van der Waals surface area contributed by atoms with Gasteiger partial charge in [0.05, 0.1) is 5.75 Å². The maximum absolute atomic E-state index is 11.7. The van der Waals surface area contributed by atoms with Crippen molar-refractivity contribution in [3.63, 3.8) is 0 Å². The molecule has 1 aromatic heterocycles. The van der Waals surface area contributed by atoms with Crippen LogP contribution in [0.2, 0.25) is 0 Å². The lowest BCUT2D eigenvalue weighted by atomic mass is 10.2. The first-order valence-corrected chi connectivity index (χ1v) is 7.85. The third-order valence-corrected chi connectivity index (χ3v) is 4.15. The SMILES string of the molecule is CCS(=O)(=O)CCNC(=O)c1ccc(C#CCO)cn1. The Kier molecular flexibility index (Phi) is 6.15. The van der Waals surface area contributed by atoms with E-state index in [-0.39, 0.29) is 30.4 Å². The molecule has 1 amide bonds. The highest BCUT2D eigenvalue weighted by Crippen LogP contribution is 1.99. The fourth-order valence-electron chi connectivity index (χ4n) is 1.30. The molecule has 0 aromatic carbocycles. The predicted molar refractivity (Wildman–Crippen MR) is 74.9 cm³/mol. The average molecular weight is 296 g/mol. The number of aliphatic hydroxyl groups excluding tert-OH is 1. The Hall–Kier alpha value is -1.91. The van der Waals surface area contributed by atoms with E-state index in [0.29, 0.717) is 5.56 Å². The molecule has 0 radical (unpaired) electrons. The fraction of sp³-hybridized carbons (Fsp3) is 0.385. The second-order valence-electron chi connectivity index (χ2n) is 3.88. The maximum atomic E-state index is 11.7. The summed E-state index contributed by atoms with van der Waals surface area (Å²) < 4.78 is 22.5. The molecule has 20 heavy (non-hydrogen) atoms. The van der Waals surface area contributed by atoms with Crippen molar-refractivity contribution in [1.29, 1.82) is 0 Å². The van der Waals surface area contributed by atoms with Gasteiger partial charge in [0.25, 0.3) is 5.91 Å². The van der Waals surface area contributed by atoms with Gasteiger partial charge in [-0.15, -0.1) is 0 Å². The minimum absolute atomic E-state index is 0.0549. The van der Waals surface area contributed by atoms with Gasteiger partial charge in [-0.2, -0.15) is 0 Å². The number of nitrogens with zero attached hydrogens (tertiary/aromatic N) is 1. The van der Waals surface area contributed by atoms with Gasteiger partial charge in [0.15, 0.2) is 9.84 Å². The molecule has 1 aromatic rings. The average Bonchev–Trinajstić information content (AvgIpc) is 2.45. The monoisotopic (exact) mass is 296 g/mol. The van der Waals surface area contributed by atoms with E-state index in [1.54, 1.807) is 13.0 Å². The fourth-order valence-corrected chi connectivity index (χ4v) is 2.00. The number of pyridine rings is 1. The van der Waals surface area contributed by atoms with Gasteiger partial charge in [0, 0.05) is 24.1 Å². The molecule has 0 unspecified atom stereocenters. The summed E-state index contributed by atoms with van der Waals surface area (Å²) in [5.74, 6) is 4.66. The van der Waals surface area contributed by atoms with Crippen molar-refractivity contribution >= 4 is 15.7 Å². The molecule has 0 saturated heterocycles. The Morgan fingerprint density at radius 3 is 2.75 bits per heavy atom. The van der Waals surface area contributed by atoms with Gasteiger partial charge >= 0.3 is 0 Å². The van der Waals surface area contributed by atoms with E-state index in [0.717, 1.165) is 0 Å². The van der Waals surface area contributed by atoms with Crippen molar-refractivity contribution < 1.29 is 18.3 Å². The van der Waals surface area contributed by atoms with Crippen molar-refractivity contribution in [3.05, 3.63) is 29.6 Å². The summed E-state index contributed by atoms with van der Waals surface area (Å²) in [5.41, 5.74) is 0.776. The summed E-state index contributed by atoms with van der Waals surface area (Å²) in [6, 6.07) is 3.10. The summed E-state index contributed by atoms with van der Waals surface area (Å²) in [6.45, 7) is 1.38. The normalized spacial score (nSPS) is 10.5. The summed E-state index contributed by atoms with van der Waals surface area (Å²) in [7, 11) is -3.09. The van der Waals surface area contributed by atoms with E-state index in [9.17, 15) is 13.2 Å². The summed E-state index contributed by atoms with van der Waals surface area (Å²) in [6.07, 6.45) is 1.42. The minimum atomic E-state index is -3.09. The smallest absolute Gasteiger partial charge is 0.269 e. The molecule has 0 atom stereocenters. The highest BCUT2D eigenvalue weighted by atomic mass is 32.2. The lowest BCUT2D eigenvalue weighted by Gasteiger charge is -2.04. The van der Waals surface area contributed by atoms with Gasteiger partial charge < -0.3 is 10.4 Å². The van der Waals surface area contributed by atoms with Gasteiger partial charge in [-0.3, -0.25) is 4.79 Å². The van der Waals surface area contributed by atoms with Crippen LogP contribution in [-0.4, -0.2) is 49.1 Å². The number of amides is 1. The lowest BCUT2D eigenvalue weighted by Crippen LogP contribution is -2.30. The first-order chi connectivity index (χ1) is 9.48. The molecule has 1 rings (SSSR count). The number of carbonyl (C=O) groups excluding carboxylic acids is 1. The number of carbonyl (C=O) groups is 1. The molecular weight excluding hydrogens is 280 g/mol. The highest BCUT2D eigenvalue weighted by molar-refractivity contribution is 7.91. The van der Waals surface area contributed by atoms with Crippen LogP contribution in [0.3, 0.4) is 0 Å². The standard InChI is InChI=1S/C13H16N2O4S/c1-2-20(18,19)9-7-14-13(17)12-6-5-11(10-15-12)4-3-8-16/h5-6,10,16H,2,7-9H2,1H3,(H,14,17). The Labute approximate surface area is 118 Å². The molecule has 0 bridgehead atoms. The van der Waals surface area contributed by atoms with Crippen molar-refractivity contribution in [3.8, 4) is 11.8 Å². The number of rotatable bonds is 5. The molecule has 0 fully saturated rings. The predicted octanol–water partition coefficient (Wildman–Crippen LogP) is -0.410. The lowest BCUT2D eigenvalue weighted by molar-refractivity contribution is 0.0951. The van der Waals surface area contributed by atoms with Gasteiger partial charge in [-0.1, -0.05) is 18.8 Å². The first-order valence-electron chi connectivity index (χ1n) is 6.03. The van der Waals surface area contributed by atoms with E-state index >= 15 is 0 Å². The van der Waals surface area contributed by atoms with Crippen LogP contribution in [-0.2, 0) is 9.84 Å². The second-order valence-corrected chi connectivity index (χ2v) is 6.36. The molecule has 0 aliphatic rings. The van der Waals surface area contributed by atoms with Gasteiger partial charge in [0.2, 0.25) is 0 Å². The number of aromatic nitrogens is 1. The largest absolute Gasteiger partial charge is 0.384 e. The number of hydrogen-bond donors (Lipinski definition) is 2. The molecule has 1 heterocycles. The molecule has 2 N–H and O–H groups in total. The molecule has 0 spiro atoms. The van der Waals surface area contributed by atoms with Crippen molar-refractivity contribution in [1.82, 2.24) is 10.3 Å². The maximum Gasteiger partial charge on any atom is 0.269 e. The number of hydrogen-bond acceptors (Lipinski definition) is 5. The molecule has 0 aliphatic heterocycles. The van der Waals surface area contributed by atoms with E-state index in [4.69, 9.17) is 5.11 Å². The van der Waals surface area contributed by atoms with Gasteiger partial charge in [-0.05, 0) is 12.1 Å². The van der Waals surface area contributed by atoms with Gasteiger partial charge in [0.1, 0.15) is 12.3 Å². The Bertz CT molecular complexity index is 612. The van der Waals surface area contributed by atoms with Crippen LogP contribution >= 0.6 is 0 Å². The van der Waals surface area contributed by atoms with E-state index in [2.05, 4.69) is 22.1 Å². The van der Waals surface area contributed by atoms with Crippen LogP contribution in [0.4, 0.5) is 0 Å². The summed E-state index contributed by atoms with van der Waals surface area (Å²) >= 11 is 0. The third kappa shape index (κ3) is 5.38. The van der Waals surface area contributed by atoms with Crippen LogP contribution in [0.1, 0.15) is 23.0 Å². The van der Waals surface area contributed by atoms with Crippen LogP contribution in [0.5, 0.6) is 0 Å². The highest BCUT2D eigenvalue weighted by Gasteiger charge is 2.10. The number of sulfone groups is 1. The third-order valence-electron chi connectivity index (χ3n) is 2.45. The molecule has 0 saturated carbocycles. The van der Waals surface area contributed by atoms with E-state index in [1.807, 2.05) is 0 Å². The number of aliphatic hydroxyl groups is 1. The summed E-state index contributed by atoms with van der Waals surface area (Å²) in [5, 5.41) is 11.0. The molecule has 7 heteroatoms. The Balaban J connectivity index is 2.56. The first kappa shape index (κ1) is 16.1. The van der Waals surface area contributed by atoms with E-state index < -0.39 is 15.7 Å². The van der Waals surface area contributed by atoms with Crippen LogP contribution in [0, 0.1) is 11.8 Å². The molecule has 6 nitrogen and oxygen atoms in total. The Morgan fingerprint density at radius 2 is 2.20 bits per heavy atom. The Morgan fingerprint density at radius 1 is 1.45 bits per heavy atom. The summed E-state index contributed by atoms with van der Waals surface area (Å²) in [4.78, 5) is 15.6. The molecule has 0 aliphatic carbocycles. The quantitative estimate of drug-likeness (QED) is 0.720. The van der Waals surface area contributed by atoms with Crippen LogP contribution in [0.25, 0.3) is 0 Å². The number of nitrogens with one attached hydrogen (secondary N) is 1. The minimum Gasteiger partial charge on any atom is -0.384 e. The topological polar surface area (TPSA) is 96.4 Å². The molecule has 108 valence electrons. The molecular formula is C13H16N2O4S. The van der Waals surface area contributed by atoms with Gasteiger partial charge in [-0.25, -0.2) is 13.4 Å². The van der Waals surface area contributed by atoms with Crippen LogP contribution in [0.15, 0.2) is 18.3 Å². The van der Waals surface area contributed by atoms with Crippen molar-refractivity contribution in [2.75, 3.05) is 24.7 Å². The zero-order valence-corrected chi connectivity index (χ0v) is 11.9.